The Kier molecular flexibility index (Phi) is 7.50. The van der Waals surface area contributed by atoms with Crippen molar-refractivity contribution in [2.45, 2.75) is 30.7 Å². The highest BCUT2D eigenvalue weighted by Gasteiger charge is 2.41. The zero-order valence-corrected chi connectivity index (χ0v) is 24.6. The first-order chi connectivity index (χ1) is 20.6. The molecule has 4 N–H and O–H groups in total. The number of morpholine rings is 1. The summed E-state index contributed by atoms with van der Waals surface area (Å²) in [4.78, 5) is 35.8. The Morgan fingerprint density at radius 3 is 2.58 bits per heavy atom. The predicted octanol–water partition coefficient (Wildman–Crippen LogP) is 2.96. The number of carbonyl (C=O) groups is 2. The van der Waals surface area contributed by atoms with Crippen LogP contribution in [0.15, 0.2) is 66.0 Å². The molecule has 0 bridgehead atoms. The average molecular weight is 605 g/mol. The molecule has 1 aromatic carbocycles. The standard InChI is InChI=1S/C29H32N8O5S/c1-29(2)18-37(43(40,41)20-5-3-9-30-16-20)17-22-25(29)34-35-26(22)33-27(38)21-8-7-19(36-11-13-42-14-12-36)15-24(21)32-28(39)23-6-4-10-31-23/h3-10,15-16,31H,11-14,17-18H2,1-2H3,(H,32,39)(H2,33,34,35,38). The van der Waals surface area contributed by atoms with E-state index in [1.165, 1.54) is 22.8 Å². The fourth-order valence-electron chi connectivity index (χ4n) is 5.44. The van der Waals surface area contributed by atoms with Crippen LogP contribution in [0.5, 0.6) is 0 Å². The van der Waals surface area contributed by atoms with Crippen LogP contribution in [-0.4, -0.2) is 77.6 Å². The van der Waals surface area contributed by atoms with Gasteiger partial charge in [-0.25, -0.2) is 8.42 Å². The summed E-state index contributed by atoms with van der Waals surface area (Å²) in [7, 11) is -3.86. The minimum absolute atomic E-state index is 0.00842. The van der Waals surface area contributed by atoms with E-state index in [0.29, 0.717) is 43.2 Å². The normalized spacial score (nSPS) is 16.8. The zero-order chi connectivity index (χ0) is 30.2. The van der Waals surface area contributed by atoms with Crippen LogP contribution >= 0.6 is 0 Å². The lowest BCUT2D eigenvalue weighted by Gasteiger charge is -2.36. The molecule has 14 heteroatoms. The minimum Gasteiger partial charge on any atom is -0.378 e. The Hall–Kier alpha value is -4.53. The number of sulfonamides is 1. The molecule has 0 spiro atoms. The molecule has 5 heterocycles. The highest BCUT2D eigenvalue weighted by molar-refractivity contribution is 7.89. The molecule has 1 saturated heterocycles. The van der Waals surface area contributed by atoms with Gasteiger partial charge in [0.1, 0.15) is 10.6 Å². The van der Waals surface area contributed by atoms with E-state index in [0.717, 1.165) is 11.4 Å². The summed E-state index contributed by atoms with van der Waals surface area (Å²) in [5, 5.41) is 13.1. The van der Waals surface area contributed by atoms with Crippen LogP contribution in [-0.2, 0) is 26.7 Å². The number of amides is 2. The molecule has 6 rings (SSSR count). The Balaban J connectivity index is 1.30. The molecule has 0 unspecified atom stereocenters. The maximum Gasteiger partial charge on any atom is 0.272 e. The SMILES string of the molecule is CC1(C)CN(S(=O)(=O)c2cccnc2)Cc2c(NC(=O)c3ccc(N4CCOCC4)cc3NC(=O)c3ccc[nH]3)n[nH]c21. The number of aromatic nitrogens is 4. The topological polar surface area (TPSA) is 165 Å². The van der Waals surface area contributed by atoms with E-state index >= 15 is 0 Å². The maximum atomic E-state index is 13.7. The molecule has 0 radical (unpaired) electrons. The third kappa shape index (κ3) is 5.63. The van der Waals surface area contributed by atoms with Crippen LogP contribution in [0.4, 0.5) is 17.2 Å². The fourth-order valence-corrected chi connectivity index (χ4v) is 6.98. The van der Waals surface area contributed by atoms with Crippen LogP contribution in [0.3, 0.4) is 0 Å². The zero-order valence-electron chi connectivity index (χ0n) is 23.8. The van der Waals surface area contributed by atoms with Crippen molar-refractivity contribution in [2.75, 3.05) is 48.4 Å². The monoisotopic (exact) mass is 604 g/mol. The van der Waals surface area contributed by atoms with Gasteiger partial charge in [0.2, 0.25) is 10.0 Å². The molecule has 4 aromatic rings. The molecule has 13 nitrogen and oxygen atoms in total. The molecule has 0 aliphatic carbocycles. The first-order valence-corrected chi connectivity index (χ1v) is 15.3. The molecule has 2 aliphatic rings. The summed E-state index contributed by atoms with van der Waals surface area (Å²) in [6, 6.07) is 11.7. The fraction of sp³-hybridized carbons (Fsp3) is 0.310. The highest BCUT2D eigenvalue weighted by atomic mass is 32.2. The highest BCUT2D eigenvalue weighted by Crippen LogP contribution is 2.38. The van der Waals surface area contributed by atoms with E-state index in [9.17, 15) is 18.0 Å². The molecule has 2 aliphatic heterocycles. The van der Waals surface area contributed by atoms with Crippen molar-refractivity contribution in [1.82, 2.24) is 24.5 Å². The van der Waals surface area contributed by atoms with Gasteiger partial charge >= 0.3 is 0 Å². The van der Waals surface area contributed by atoms with Crippen LogP contribution < -0.4 is 15.5 Å². The number of benzene rings is 1. The maximum absolute atomic E-state index is 13.7. The minimum atomic E-state index is -3.86. The van der Waals surface area contributed by atoms with Crippen LogP contribution in [0.2, 0.25) is 0 Å². The Morgan fingerprint density at radius 1 is 1.05 bits per heavy atom. The van der Waals surface area contributed by atoms with Gasteiger partial charge in [0, 0.05) is 67.1 Å². The molecular formula is C29H32N8O5S. The number of fused-ring (bicyclic) bond motifs is 1. The van der Waals surface area contributed by atoms with Crippen LogP contribution in [0.1, 0.15) is 46.0 Å². The number of hydrogen-bond donors (Lipinski definition) is 4. The van der Waals surface area contributed by atoms with Gasteiger partial charge in [-0.05, 0) is 42.5 Å². The number of nitrogens with zero attached hydrogens (tertiary/aromatic N) is 4. The van der Waals surface area contributed by atoms with Gasteiger partial charge in [-0.1, -0.05) is 13.8 Å². The number of H-pyrrole nitrogens is 2. The van der Waals surface area contributed by atoms with E-state index in [2.05, 4.69) is 35.7 Å². The predicted molar refractivity (Wildman–Crippen MR) is 160 cm³/mol. The summed E-state index contributed by atoms with van der Waals surface area (Å²) >= 11 is 0. The molecule has 2 amide bonds. The number of hydrogen-bond acceptors (Lipinski definition) is 8. The number of carbonyl (C=O) groups excluding carboxylic acids is 2. The number of nitrogens with one attached hydrogen (secondary N) is 4. The van der Waals surface area contributed by atoms with Crippen molar-refractivity contribution in [3.8, 4) is 0 Å². The Morgan fingerprint density at radius 2 is 1.86 bits per heavy atom. The lowest BCUT2D eigenvalue weighted by molar-refractivity contribution is 0.102. The summed E-state index contributed by atoms with van der Waals surface area (Å²) in [5.41, 5.74) is 2.43. The van der Waals surface area contributed by atoms with E-state index in [1.54, 1.807) is 36.5 Å². The Bertz CT molecular complexity index is 1750. The molecule has 224 valence electrons. The molecule has 1 fully saturated rings. The molecule has 0 saturated carbocycles. The lowest BCUT2D eigenvalue weighted by atomic mass is 9.84. The van der Waals surface area contributed by atoms with E-state index in [1.807, 2.05) is 19.9 Å². The smallest absolute Gasteiger partial charge is 0.272 e. The number of pyridine rings is 1. The Labute approximate surface area is 248 Å². The molecule has 43 heavy (non-hydrogen) atoms. The van der Waals surface area contributed by atoms with Crippen LogP contribution in [0, 0.1) is 0 Å². The second-order valence-corrected chi connectivity index (χ2v) is 13.0. The van der Waals surface area contributed by atoms with E-state index < -0.39 is 27.3 Å². The van der Waals surface area contributed by atoms with Crippen molar-refractivity contribution in [3.05, 3.63) is 83.6 Å². The van der Waals surface area contributed by atoms with E-state index in [4.69, 9.17) is 4.74 Å². The summed E-state index contributed by atoms with van der Waals surface area (Å²) < 4.78 is 33.8. The molecule has 3 aromatic heterocycles. The first kappa shape index (κ1) is 28.6. The van der Waals surface area contributed by atoms with Crippen molar-refractivity contribution in [2.24, 2.45) is 0 Å². The second-order valence-electron chi connectivity index (χ2n) is 11.1. The van der Waals surface area contributed by atoms with Gasteiger partial charge in [-0.15, -0.1) is 0 Å². The number of aromatic amines is 2. The molecular weight excluding hydrogens is 572 g/mol. The molecule has 0 atom stereocenters. The van der Waals surface area contributed by atoms with Gasteiger partial charge < -0.3 is 25.3 Å². The van der Waals surface area contributed by atoms with Gasteiger partial charge in [-0.3, -0.25) is 19.7 Å². The summed E-state index contributed by atoms with van der Waals surface area (Å²) in [6.07, 6.45) is 4.48. The van der Waals surface area contributed by atoms with Crippen molar-refractivity contribution in [1.29, 1.82) is 0 Å². The second kappa shape index (κ2) is 11.3. The lowest BCUT2D eigenvalue weighted by Crippen LogP contribution is -2.45. The van der Waals surface area contributed by atoms with Gasteiger partial charge in [-0.2, -0.15) is 9.40 Å². The van der Waals surface area contributed by atoms with Gasteiger partial charge in [0.15, 0.2) is 5.82 Å². The van der Waals surface area contributed by atoms with Crippen molar-refractivity contribution >= 4 is 39.0 Å². The summed E-state index contributed by atoms with van der Waals surface area (Å²) in [6.45, 7) is 6.59. The third-order valence-electron chi connectivity index (χ3n) is 7.67. The average Bonchev–Trinajstić information content (AvgIpc) is 3.69. The summed E-state index contributed by atoms with van der Waals surface area (Å²) in [5.74, 6) is -0.680. The number of rotatable bonds is 7. The van der Waals surface area contributed by atoms with E-state index in [-0.39, 0.29) is 29.4 Å². The van der Waals surface area contributed by atoms with Crippen molar-refractivity contribution in [3.63, 3.8) is 0 Å². The van der Waals surface area contributed by atoms with Gasteiger partial charge in [0.25, 0.3) is 11.8 Å². The van der Waals surface area contributed by atoms with Crippen molar-refractivity contribution < 1.29 is 22.7 Å². The first-order valence-electron chi connectivity index (χ1n) is 13.8. The quantitative estimate of drug-likeness (QED) is 0.250. The number of ether oxygens (including phenoxy) is 1. The van der Waals surface area contributed by atoms with Crippen LogP contribution in [0.25, 0.3) is 0 Å². The number of anilines is 3. The third-order valence-corrected chi connectivity index (χ3v) is 9.44. The largest absolute Gasteiger partial charge is 0.378 e. The van der Waals surface area contributed by atoms with Gasteiger partial charge in [0.05, 0.1) is 24.5 Å².